The van der Waals surface area contributed by atoms with Crippen molar-refractivity contribution in [2.24, 2.45) is 0 Å². The van der Waals surface area contributed by atoms with Crippen LogP contribution in [0.25, 0.3) is 16.9 Å². The van der Waals surface area contributed by atoms with Crippen molar-refractivity contribution in [2.75, 3.05) is 5.32 Å². The number of fused-ring (bicyclic) bond motifs is 1. The van der Waals surface area contributed by atoms with Crippen LogP contribution in [0.2, 0.25) is 0 Å². The molecule has 9 heteroatoms. The van der Waals surface area contributed by atoms with E-state index in [9.17, 15) is 14.4 Å². The van der Waals surface area contributed by atoms with Crippen molar-refractivity contribution < 1.29 is 9.21 Å². The van der Waals surface area contributed by atoms with Gasteiger partial charge in [-0.3, -0.25) is 19.4 Å². The number of hydrogen-bond donors (Lipinski definition) is 2. The number of aryl methyl sites for hydroxylation is 2. The third-order valence-electron chi connectivity index (χ3n) is 4.51. The van der Waals surface area contributed by atoms with Gasteiger partial charge in [-0.05, 0) is 32.9 Å². The van der Waals surface area contributed by atoms with Gasteiger partial charge < -0.3 is 9.73 Å². The molecule has 0 bridgehead atoms. The van der Waals surface area contributed by atoms with Crippen molar-refractivity contribution in [1.82, 2.24) is 19.7 Å². The first-order valence-corrected chi connectivity index (χ1v) is 8.82. The Morgan fingerprint density at radius 2 is 1.90 bits per heavy atom. The lowest BCUT2D eigenvalue weighted by Crippen LogP contribution is -2.21. The molecule has 29 heavy (non-hydrogen) atoms. The van der Waals surface area contributed by atoms with Gasteiger partial charge in [-0.15, -0.1) is 0 Å². The van der Waals surface area contributed by atoms with E-state index in [1.807, 2.05) is 0 Å². The summed E-state index contributed by atoms with van der Waals surface area (Å²) in [5.74, 6) is -0.322. The number of aromatic amines is 1. The first-order chi connectivity index (χ1) is 13.8. The summed E-state index contributed by atoms with van der Waals surface area (Å²) < 4.78 is 6.89. The maximum atomic E-state index is 12.7. The Hall–Kier alpha value is -4.01. The van der Waals surface area contributed by atoms with Crippen LogP contribution in [0.15, 0.2) is 50.4 Å². The molecule has 0 radical (unpaired) electrons. The Morgan fingerprint density at radius 3 is 2.66 bits per heavy atom. The highest BCUT2D eigenvalue weighted by Crippen LogP contribution is 2.17. The molecule has 1 amide bonds. The van der Waals surface area contributed by atoms with Gasteiger partial charge in [0.25, 0.3) is 11.5 Å². The largest absolute Gasteiger partial charge is 0.451 e. The van der Waals surface area contributed by atoms with E-state index in [0.717, 1.165) is 6.07 Å². The number of nitrogens with one attached hydrogen (secondary N) is 2. The fourth-order valence-electron chi connectivity index (χ4n) is 2.87. The fourth-order valence-corrected chi connectivity index (χ4v) is 2.87. The van der Waals surface area contributed by atoms with Gasteiger partial charge in [-0.1, -0.05) is 12.1 Å². The maximum Gasteiger partial charge on any atom is 0.292 e. The van der Waals surface area contributed by atoms with Crippen molar-refractivity contribution in [3.05, 3.63) is 79.7 Å². The minimum absolute atomic E-state index is 0.138. The Bertz CT molecular complexity index is 1380. The second kappa shape index (κ2) is 6.86. The van der Waals surface area contributed by atoms with E-state index in [-0.39, 0.29) is 28.5 Å². The summed E-state index contributed by atoms with van der Waals surface area (Å²) in [5.41, 5.74) is 1.35. The van der Waals surface area contributed by atoms with Gasteiger partial charge in [0.05, 0.1) is 11.1 Å². The molecule has 0 unspecified atom stereocenters. The lowest BCUT2D eigenvalue weighted by Gasteiger charge is -2.09. The second-order valence-corrected chi connectivity index (χ2v) is 6.61. The molecular formula is C20H17N5O4. The number of carbonyl (C=O) groups excluding carboxylic acids is 1. The lowest BCUT2D eigenvalue weighted by atomic mass is 10.2. The molecule has 2 N–H and O–H groups in total. The van der Waals surface area contributed by atoms with E-state index >= 15 is 0 Å². The average molecular weight is 391 g/mol. The number of aromatic nitrogens is 4. The van der Waals surface area contributed by atoms with Crippen molar-refractivity contribution in [2.45, 2.75) is 20.8 Å². The smallest absolute Gasteiger partial charge is 0.292 e. The van der Waals surface area contributed by atoms with Crippen molar-refractivity contribution >= 4 is 22.7 Å². The zero-order chi connectivity index (χ0) is 20.7. The molecule has 9 nitrogen and oxygen atoms in total. The predicted molar refractivity (Wildman–Crippen MR) is 107 cm³/mol. The number of benzene rings is 1. The summed E-state index contributed by atoms with van der Waals surface area (Å²) >= 11 is 0. The summed E-state index contributed by atoms with van der Waals surface area (Å²) in [6, 6.07) is 9.44. The van der Waals surface area contributed by atoms with Crippen molar-refractivity contribution in [3.63, 3.8) is 0 Å². The first-order valence-electron chi connectivity index (χ1n) is 8.82. The van der Waals surface area contributed by atoms with Gasteiger partial charge in [-0.25, -0.2) is 4.98 Å². The van der Waals surface area contributed by atoms with Crippen LogP contribution in [0.3, 0.4) is 0 Å². The number of rotatable bonds is 3. The van der Waals surface area contributed by atoms with E-state index < -0.39 is 5.91 Å². The topological polar surface area (TPSA) is 123 Å². The summed E-state index contributed by atoms with van der Waals surface area (Å²) in [6.45, 7) is 5.12. The molecule has 1 aromatic carbocycles. The summed E-state index contributed by atoms with van der Waals surface area (Å²) in [7, 11) is 0. The van der Waals surface area contributed by atoms with E-state index in [2.05, 4.69) is 20.4 Å². The Kier molecular flexibility index (Phi) is 4.34. The molecule has 0 aliphatic heterocycles. The van der Waals surface area contributed by atoms with Crippen LogP contribution in [0, 0.1) is 20.8 Å². The highest BCUT2D eigenvalue weighted by molar-refractivity contribution is 6.02. The lowest BCUT2D eigenvalue weighted by molar-refractivity contribution is 0.0996. The van der Waals surface area contributed by atoms with Crippen molar-refractivity contribution in [1.29, 1.82) is 0 Å². The SMILES string of the molecule is Cc1cc(NC(=O)c2cc(=O)c3ccccc3o2)n(-c2nc(C)c(C)c(=O)[nH]2)n1. The van der Waals surface area contributed by atoms with E-state index in [0.29, 0.717) is 27.9 Å². The van der Waals surface area contributed by atoms with Gasteiger partial charge in [0.15, 0.2) is 11.2 Å². The highest BCUT2D eigenvalue weighted by Gasteiger charge is 2.17. The molecular weight excluding hydrogens is 374 g/mol. The first kappa shape index (κ1) is 18.4. The number of anilines is 1. The average Bonchev–Trinajstić information content (AvgIpc) is 3.05. The van der Waals surface area contributed by atoms with Crippen LogP contribution in [-0.4, -0.2) is 25.7 Å². The van der Waals surface area contributed by atoms with Crippen LogP contribution < -0.4 is 16.3 Å². The van der Waals surface area contributed by atoms with Gasteiger partial charge in [0.1, 0.15) is 11.4 Å². The van der Waals surface area contributed by atoms with Gasteiger partial charge >= 0.3 is 0 Å². The maximum absolute atomic E-state index is 12.7. The third kappa shape index (κ3) is 3.33. The summed E-state index contributed by atoms with van der Waals surface area (Å²) in [6.07, 6.45) is 0. The molecule has 0 aliphatic carbocycles. The zero-order valence-electron chi connectivity index (χ0n) is 15.9. The Labute approximate surface area is 164 Å². The number of nitrogens with zero attached hydrogens (tertiary/aromatic N) is 3. The van der Waals surface area contributed by atoms with Crippen LogP contribution in [0.4, 0.5) is 5.82 Å². The number of para-hydroxylation sites is 1. The van der Waals surface area contributed by atoms with Crippen LogP contribution in [-0.2, 0) is 0 Å². The molecule has 0 spiro atoms. The molecule has 0 saturated carbocycles. The number of hydrogen-bond acceptors (Lipinski definition) is 6. The molecule has 0 aliphatic rings. The molecule has 3 aromatic heterocycles. The Morgan fingerprint density at radius 1 is 1.14 bits per heavy atom. The third-order valence-corrected chi connectivity index (χ3v) is 4.51. The monoisotopic (exact) mass is 391 g/mol. The minimum Gasteiger partial charge on any atom is -0.451 e. The van der Waals surface area contributed by atoms with Gasteiger partial charge in [-0.2, -0.15) is 9.78 Å². The minimum atomic E-state index is -0.625. The van der Waals surface area contributed by atoms with Gasteiger partial charge in [0, 0.05) is 23.4 Å². The standard InChI is InChI=1S/C20H17N5O4/c1-10-8-17(25(24-10)20-21-12(3)11(2)18(27)23-20)22-19(28)16-9-14(26)13-6-4-5-7-15(13)29-16/h4-9H,1-3H3,(H,22,28)(H,21,23,27). The molecule has 3 heterocycles. The molecule has 4 aromatic rings. The quantitative estimate of drug-likeness (QED) is 0.552. The van der Waals surface area contributed by atoms with E-state index in [1.54, 1.807) is 51.1 Å². The number of amides is 1. The summed E-state index contributed by atoms with van der Waals surface area (Å²) in [4.78, 5) is 44.0. The van der Waals surface area contributed by atoms with Gasteiger partial charge in [0.2, 0.25) is 5.95 Å². The van der Waals surface area contributed by atoms with Crippen molar-refractivity contribution in [3.8, 4) is 5.95 Å². The van der Waals surface area contributed by atoms with Crippen LogP contribution in [0.1, 0.15) is 27.5 Å². The molecule has 4 rings (SSSR count). The Balaban J connectivity index is 1.74. The fraction of sp³-hybridized carbons (Fsp3) is 0.150. The zero-order valence-corrected chi connectivity index (χ0v) is 15.9. The molecule has 0 fully saturated rings. The molecule has 0 saturated heterocycles. The van der Waals surface area contributed by atoms with E-state index in [1.165, 1.54) is 4.68 Å². The second-order valence-electron chi connectivity index (χ2n) is 6.61. The normalized spacial score (nSPS) is 11.0. The molecule has 146 valence electrons. The van der Waals surface area contributed by atoms with Crippen LogP contribution >= 0.6 is 0 Å². The number of H-pyrrole nitrogens is 1. The van der Waals surface area contributed by atoms with Crippen LogP contribution in [0.5, 0.6) is 0 Å². The summed E-state index contributed by atoms with van der Waals surface area (Å²) in [5, 5.41) is 7.33. The molecule has 0 atom stereocenters. The predicted octanol–water partition coefficient (Wildman–Crippen LogP) is 2.24. The number of carbonyl (C=O) groups is 1. The van der Waals surface area contributed by atoms with E-state index in [4.69, 9.17) is 4.42 Å². The highest BCUT2D eigenvalue weighted by atomic mass is 16.3.